The number of carbonyl (C=O) groups is 2. The summed E-state index contributed by atoms with van der Waals surface area (Å²) in [7, 11) is 0. The molecule has 0 aliphatic heterocycles. The Morgan fingerprint density at radius 3 is 2.33 bits per heavy atom. The Kier molecular flexibility index (Phi) is 5.44. The molecule has 0 aliphatic carbocycles. The molecule has 0 bridgehead atoms. The van der Waals surface area contributed by atoms with Crippen molar-refractivity contribution in [1.82, 2.24) is 10.6 Å². The Morgan fingerprint density at radius 1 is 1.12 bits per heavy atom. The minimum atomic E-state index is -0.630. The van der Waals surface area contributed by atoms with Crippen molar-refractivity contribution in [3.63, 3.8) is 0 Å². The van der Waals surface area contributed by atoms with Crippen molar-refractivity contribution in [3.05, 3.63) is 59.5 Å². The highest BCUT2D eigenvalue weighted by atomic mass is 16.3. The van der Waals surface area contributed by atoms with Gasteiger partial charge in [-0.15, -0.1) is 0 Å². The van der Waals surface area contributed by atoms with E-state index in [0.717, 1.165) is 5.56 Å². The maximum absolute atomic E-state index is 12.2. The fourth-order valence-corrected chi connectivity index (χ4v) is 2.21. The molecule has 1 heterocycles. The van der Waals surface area contributed by atoms with Crippen LogP contribution in [0.4, 0.5) is 0 Å². The van der Waals surface area contributed by atoms with Crippen molar-refractivity contribution in [2.45, 2.75) is 45.7 Å². The van der Waals surface area contributed by atoms with Crippen LogP contribution in [0.3, 0.4) is 0 Å². The van der Waals surface area contributed by atoms with Crippen molar-refractivity contribution in [2.75, 3.05) is 0 Å². The molecule has 2 amide bonds. The molecule has 5 heteroatoms. The average molecular weight is 328 g/mol. The summed E-state index contributed by atoms with van der Waals surface area (Å²) in [5, 5.41) is 5.43. The van der Waals surface area contributed by atoms with Crippen LogP contribution in [0.1, 0.15) is 49.4 Å². The van der Waals surface area contributed by atoms with Gasteiger partial charge in [0.25, 0.3) is 5.91 Å². The number of furan rings is 1. The molecule has 0 spiro atoms. The number of benzene rings is 1. The number of hydrogen-bond donors (Lipinski definition) is 2. The molecule has 0 aliphatic rings. The summed E-state index contributed by atoms with van der Waals surface area (Å²) in [4.78, 5) is 24.3. The third kappa shape index (κ3) is 4.72. The molecule has 1 aromatic carbocycles. The first-order chi connectivity index (χ1) is 11.3. The standard InChI is InChI=1S/C19H24N2O3/c1-13(17(22)20-12-16-6-5-11-24-16)21-18(23)14-7-9-15(10-8-14)19(2,3)4/h5-11,13H,12H2,1-4H3,(H,20,22)(H,21,23)/t13-/m1/s1. The van der Waals surface area contributed by atoms with Gasteiger partial charge >= 0.3 is 0 Å². The van der Waals surface area contributed by atoms with E-state index in [1.54, 1.807) is 37.5 Å². The SMILES string of the molecule is C[C@@H](NC(=O)c1ccc(C(C)(C)C)cc1)C(=O)NCc1ccco1. The highest BCUT2D eigenvalue weighted by Crippen LogP contribution is 2.22. The first-order valence-corrected chi connectivity index (χ1v) is 7.99. The van der Waals surface area contributed by atoms with Crippen LogP contribution >= 0.6 is 0 Å². The van der Waals surface area contributed by atoms with E-state index in [1.807, 2.05) is 12.1 Å². The van der Waals surface area contributed by atoms with Gasteiger partial charge < -0.3 is 15.1 Å². The number of carbonyl (C=O) groups excluding carboxylic acids is 2. The first kappa shape index (κ1) is 17.8. The van der Waals surface area contributed by atoms with Gasteiger partial charge in [-0.25, -0.2) is 0 Å². The van der Waals surface area contributed by atoms with Crippen molar-refractivity contribution >= 4 is 11.8 Å². The van der Waals surface area contributed by atoms with E-state index < -0.39 is 6.04 Å². The monoisotopic (exact) mass is 328 g/mol. The molecule has 5 nitrogen and oxygen atoms in total. The lowest BCUT2D eigenvalue weighted by Crippen LogP contribution is -2.44. The molecule has 128 valence electrons. The van der Waals surface area contributed by atoms with Gasteiger partial charge in [0.05, 0.1) is 12.8 Å². The lowest BCUT2D eigenvalue weighted by Gasteiger charge is -2.19. The number of amides is 2. The summed E-state index contributed by atoms with van der Waals surface area (Å²) in [5.74, 6) is 0.141. The molecule has 0 saturated carbocycles. The highest BCUT2D eigenvalue weighted by Gasteiger charge is 2.18. The molecule has 24 heavy (non-hydrogen) atoms. The predicted octanol–water partition coefficient (Wildman–Crippen LogP) is 3.01. The van der Waals surface area contributed by atoms with Crippen LogP contribution in [0.15, 0.2) is 47.1 Å². The van der Waals surface area contributed by atoms with Crippen LogP contribution in [0, 0.1) is 0 Å². The topological polar surface area (TPSA) is 71.3 Å². The molecular weight excluding hydrogens is 304 g/mol. The zero-order chi connectivity index (χ0) is 17.7. The summed E-state index contributed by atoms with van der Waals surface area (Å²) in [6.07, 6.45) is 1.55. The zero-order valence-electron chi connectivity index (χ0n) is 14.6. The summed E-state index contributed by atoms with van der Waals surface area (Å²) < 4.78 is 5.15. The normalized spacial score (nSPS) is 12.5. The fourth-order valence-electron chi connectivity index (χ4n) is 2.21. The summed E-state index contributed by atoms with van der Waals surface area (Å²) >= 11 is 0. The van der Waals surface area contributed by atoms with Crippen LogP contribution in [0.2, 0.25) is 0 Å². The van der Waals surface area contributed by atoms with Crippen molar-refractivity contribution in [2.24, 2.45) is 0 Å². The number of hydrogen-bond acceptors (Lipinski definition) is 3. The van der Waals surface area contributed by atoms with E-state index >= 15 is 0 Å². The van der Waals surface area contributed by atoms with Gasteiger partial charge in [0.1, 0.15) is 11.8 Å². The van der Waals surface area contributed by atoms with Crippen LogP contribution in [0.5, 0.6) is 0 Å². The molecule has 0 saturated heterocycles. The Bertz CT molecular complexity index is 682. The maximum atomic E-state index is 12.2. The van der Waals surface area contributed by atoms with E-state index in [9.17, 15) is 9.59 Å². The first-order valence-electron chi connectivity index (χ1n) is 7.99. The third-order valence-electron chi connectivity index (χ3n) is 3.77. The number of nitrogens with one attached hydrogen (secondary N) is 2. The molecule has 2 N–H and O–H groups in total. The molecule has 0 radical (unpaired) electrons. The van der Waals surface area contributed by atoms with Gasteiger partial charge in [-0.1, -0.05) is 32.9 Å². The van der Waals surface area contributed by atoms with E-state index in [2.05, 4.69) is 31.4 Å². The summed E-state index contributed by atoms with van der Waals surface area (Å²) in [6.45, 7) is 8.31. The van der Waals surface area contributed by atoms with Gasteiger partial charge in [-0.3, -0.25) is 9.59 Å². The van der Waals surface area contributed by atoms with E-state index in [4.69, 9.17) is 4.42 Å². The second-order valence-electron chi connectivity index (χ2n) is 6.82. The number of rotatable bonds is 5. The van der Waals surface area contributed by atoms with Gasteiger partial charge in [0.2, 0.25) is 5.91 Å². The fraction of sp³-hybridized carbons (Fsp3) is 0.368. The van der Waals surface area contributed by atoms with Gasteiger partial charge in [-0.05, 0) is 42.2 Å². The zero-order valence-corrected chi connectivity index (χ0v) is 14.6. The maximum Gasteiger partial charge on any atom is 0.251 e. The Balaban J connectivity index is 1.89. The predicted molar refractivity (Wildman–Crippen MR) is 92.6 cm³/mol. The smallest absolute Gasteiger partial charge is 0.251 e. The molecule has 0 unspecified atom stereocenters. The second-order valence-corrected chi connectivity index (χ2v) is 6.82. The molecule has 1 atom stereocenters. The molecule has 2 rings (SSSR count). The van der Waals surface area contributed by atoms with Crippen LogP contribution in [-0.4, -0.2) is 17.9 Å². The Labute approximate surface area is 142 Å². The quantitative estimate of drug-likeness (QED) is 0.886. The summed E-state index contributed by atoms with van der Waals surface area (Å²) in [6, 6.07) is 10.4. The minimum absolute atomic E-state index is 0.0357. The molecular formula is C19H24N2O3. The van der Waals surface area contributed by atoms with E-state index in [1.165, 1.54) is 0 Å². The summed E-state index contributed by atoms with van der Waals surface area (Å²) in [5.41, 5.74) is 1.73. The highest BCUT2D eigenvalue weighted by molar-refractivity contribution is 5.97. The third-order valence-corrected chi connectivity index (χ3v) is 3.77. The lowest BCUT2D eigenvalue weighted by atomic mass is 9.86. The lowest BCUT2D eigenvalue weighted by molar-refractivity contribution is -0.122. The van der Waals surface area contributed by atoms with Gasteiger partial charge in [-0.2, -0.15) is 0 Å². The average Bonchev–Trinajstić information content (AvgIpc) is 3.05. The Hall–Kier alpha value is -2.56. The van der Waals surface area contributed by atoms with Crippen molar-refractivity contribution in [1.29, 1.82) is 0 Å². The van der Waals surface area contributed by atoms with E-state index in [0.29, 0.717) is 17.9 Å². The van der Waals surface area contributed by atoms with Gasteiger partial charge in [0, 0.05) is 5.56 Å². The molecule has 1 aromatic heterocycles. The molecule has 2 aromatic rings. The van der Waals surface area contributed by atoms with Gasteiger partial charge in [0.15, 0.2) is 0 Å². The van der Waals surface area contributed by atoms with Crippen LogP contribution in [-0.2, 0) is 16.8 Å². The molecule has 0 fully saturated rings. The Morgan fingerprint density at radius 2 is 1.79 bits per heavy atom. The van der Waals surface area contributed by atoms with Crippen LogP contribution < -0.4 is 10.6 Å². The largest absolute Gasteiger partial charge is 0.467 e. The minimum Gasteiger partial charge on any atom is -0.467 e. The van der Waals surface area contributed by atoms with Crippen molar-refractivity contribution in [3.8, 4) is 0 Å². The van der Waals surface area contributed by atoms with Crippen LogP contribution in [0.25, 0.3) is 0 Å². The van der Waals surface area contributed by atoms with E-state index in [-0.39, 0.29) is 17.2 Å². The second kappa shape index (κ2) is 7.34. The van der Waals surface area contributed by atoms with Crippen molar-refractivity contribution < 1.29 is 14.0 Å².